The highest BCUT2D eigenvalue weighted by Gasteiger charge is 2.16. The van der Waals surface area contributed by atoms with Crippen LogP contribution in [-0.4, -0.2) is 47.2 Å². The van der Waals surface area contributed by atoms with Gasteiger partial charge < -0.3 is 9.47 Å². The largest absolute Gasteiger partial charge is 0.376 e. The molecule has 1 rings (SSSR count). The van der Waals surface area contributed by atoms with E-state index in [9.17, 15) is 8.42 Å². The van der Waals surface area contributed by atoms with Gasteiger partial charge in [0.1, 0.15) is 6.10 Å². The first-order chi connectivity index (χ1) is 5.58. The van der Waals surface area contributed by atoms with E-state index in [1.165, 1.54) is 0 Å². The lowest BCUT2D eigenvalue weighted by atomic mass is 10.4. The Balaban J connectivity index is 2.22. The van der Waals surface area contributed by atoms with Crippen LogP contribution in [0.25, 0.3) is 0 Å². The first-order valence-electron chi connectivity index (χ1n) is 3.62. The van der Waals surface area contributed by atoms with E-state index in [1.807, 2.05) is 0 Å². The molecule has 1 fully saturated rings. The summed E-state index contributed by atoms with van der Waals surface area (Å²) in [5.74, 6) is 0. The van der Waals surface area contributed by atoms with Crippen LogP contribution in [0.3, 0.4) is 0 Å². The molecule has 0 N–H and O–H groups in total. The molecule has 0 spiro atoms. The lowest BCUT2D eigenvalue weighted by Gasteiger charge is -2.21. The van der Waals surface area contributed by atoms with Crippen molar-refractivity contribution in [2.24, 2.45) is 0 Å². The maximum atomic E-state index is 10.6. The highest BCUT2D eigenvalue weighted by Crippen LogP contribution is 2.02. The Labute approximate surface area is 71.7 Å². The molecule has 0 aromatic rings. The topological polar surface area (TPSA) is 61.8 Å². The molecule has 0 unspecified atom stereocenters. The third kappa shape index (κ3) is 4.01. The molecule has 0 aliphatic carbocycles. The molecule has 0 radical (unpaired) electrons. The van der Waals surface area contributed by atoms with Crippen molar-refractivity contribution in [3.05, 3.63) is 0 Å². The molecule has 12 heavy (non-hydrogen) atoms. The highest BCUT2D eigenvalue weighted by molar-refractivity contribution is 7.85. The number of rotatable bonds is 3. The van der Waals surface area contributed by atoms with Crippen LogP contribution in [0, 0.1) is 0 Å². The summed E-state index contributed by atoms with van der Waals surface area (Å²) in [7, 11) is -3.36. The van der Waals surface area contributed by atoms with E-state index in [2.05, 4.69) is 4.18 Å². The standard InChI is InChI=1S/C6H12O5S/c1-12(7,8)11-5-6-4-9-2-3-10-6/h6H,2-5H2,1H3/t6-/m1/s1. The Morgan fingerprint density at radius 2 is 2.25 bits per heavy atom. The molecule has 6 heteroatoms. The summed E-state index contributed by atoms with van der Waals surface area (Å²) in [6.45, 7) is 1.50. The van der Waals surface area contributed by atoms with Crippen molar-refractivity contribution in [2.75, 3.05) is 32.7 Å². The van der Waals surface area contributed by atoms with Gasteiger partial charge in [-0.1, -0.05) is 0 Å². The van der Waals surface area contributed by atoms with Gasteiger partial charge in [-0.2, -0.15) is 8.42 Å². The molecule has 0 bridgehead atoms. The smallest absolute Gasteiger partial charge is 0.264 e. The fraction of sp³-hybridized carbons (Fsp3) is 1.00. The highest BCUT2D eigenvalue weighted by atomic mass is 32.2. The van der Waals surface area contributed by atoms with E-state index in [0.29, 0.717) is 19.8 Å². The van der Waals surface area contributed by atoms with Gasteiger partial charge in [0.25, 0.3) is 10.1 Å². The van der Waals surface area contributed by atoms with Crippen LogP contribution in [0.4, 0.5) is 0 Å². The first kappa shape index (κ1) is 9.91. The lowest BCUT2D eigenvalue weighted by Crippen LogP contribution is -2.33. The molecule has 0 saturated carbocycles. The van der Waals surface area contributed by atoms with Crippen molar-refractivity contribution >= 4 is 10.1 Å². The summed E-state index contributed by atoms with van der Waals surface area (Å²) in [6, 6.07) is 0. The van der Waals surface area contributed by atoms with Crippen LogP contribution in [-0.2, 0) is 23.8 Å². The van der Waals surface area contributed by atoms with Gasteiger partial charge in [-0.3, -0.25) is 4.18 Å². The van der Waals surface area contributed by atoms with Crippen LogP contribution in [0.5, 0.6) is 0 Å². The first-order valence-corrected chi connectivity index (χ1v) is 5.43. The average Bonchev–Trinajstić information content (AvgIpc) is 2.02. The van der Waals surface area contributed by atoms with E-state index >= 15 is 0 Å². The molecular weight excluding hydrogens is 184 g/mol. The second-order valence-corrected chi connectivity index (χ2v) is 4.20. The molecule has 1 atom stereocenters. The van der Waals surface area contributed by atoms with Gasteiger partial charge in [-0.15, -0.1) is 0 Å². The maximum absolute atomic E-state index is 10.6. The molecule has 72 valence electrons. The minimum atomic E-state index is -3.36. The second-order valence-electron chi connectivity index (χ2n) is 2.56. The second kappa shape index (κ2) is 4.18. The van der Waals surface area contributed by atoms with Crippen molar-refractivity contribution in [1.29, 1.82) is 0 Å². The zero-order chi connectivity index (χ0) is 9.03. The minimum absolute atomic E-state index is 0.0405. The van der Waals surface area contributed by atoms with Crippen LogP contribution in [0.1, 0.15) is 0 Å². The zero-order valence-corrected chi connectivity index (χ0v) is 7.67. The minimum Gasteiger partial charge on any atom is -0.376 e. The van der Waals surface area contributed by atoms with E-state index in [-0.39, 0.29) is 12.7 Å². The molecule has 0 aromatic carbocycles. The summed E-state index contributed by atoms with van der Waals surface area (Å²) >= 11 is 0. The summed E-state index contributed by atoms with van der Waals surface area (Å²) < 4.78 is 35.9. The van der Waals surface area contributed by atoms with E-state index < -0.39 is 10.1 Å². The van der Waals surface area contributed by atoms with Crippen molar-refractivity contribution in [1.82, 2.24) is 0 Å². The van der Waals surface area contributed by atoms with Crippen LogP contribution in [0.2, 0.25) is 0 Å². The third-order valence-electron chi connectivity index (χ3n) is 1.35. The monoisotopic (exact) mass is 196 g/mol. The van der Waals surface area contributed by atoms with Gasteiger partial charge in [0.15, 0.2) is 0 Å². The summed E-state index contributed by atoms with van der Waals surface area (Å²) in [5.41, 5.74) is 0. The van der Waals surface area contributed by atoms with Gasteiger partial charge >= 0.3 is 0 Å². The molecular formula is C6H12O5S. The van der Waals surface area contributed by atoms with Gasteiger partial charge in [-0.05, 0) is 0 Å². The Morgan fingerprint density at radius 1 is 1.50 bits per heavy atom. The number of ether oxygens (including phenoxy) is 2. The Bertz CT molecular complexity index is 216. The van der Waals surface area contributed by atoms with E-state index in [4.69, 9.17) is 9.47 Å². The SMILES string of the molecule is CS(=O)(=O)OC[C@H]1COCCO1. The fourth-order valence-corrected chi connectivity index (χ4v) is 1.23. The quantitative estimate of drug-likeness (QED) is 0.563. The summed E-state index contributed by atoms with van der Waals surface area (Å²) in [5, 5.41) is 0. The van der Waals surface area contributed by atoms with Crippen LogP contribution < -0.4 is 0 Å². The van der Waals surface area contributed by atoms with Crippen LogP contribution in [0.15, 0.2) is 0 Å². The van der Waals surface area contributed by atoms with E-state index in [1.54, 1.807) is 0 Å². The molecule has 1 saturated heterocycles. The summed E-state index contributed by atoms with van der Waals surface area (Å²) in [6.07, 6.45) is 0.755. The summed E-state index contributed by atoms with van der Waals surface area (Å²) in [4.78, 5) is 0. The normalized spacial score (nSPS) is 25.6. The molecule has 1 heterocycles. The van der Waals surface area contributed by atoms with Gasteiger partial charge in [0, 0.05) is 0 Å². The van der Waals surface area contributed by atoms with Crippen molar-refractivity contribution in [3.8, 4) is 0 Å². The average molecular weight is 196 g/mol. The fourth-order valence-electron chi connectivity index (χ4n) is 0.832. The molecule has 0 amide bonds. The molecule has 1 aliphatic rings. The Hall–Kier alpha value is -0.170. The van der Waals surface area contributed by atoms with Gasteiger partial charge in [-0.25, -0.2) is 0 Å². The maximum Gasteiger partial charge on any atom is 0.264 e. The number of hydrogen-bond donors (Lipinski definition) is 0. The number of hydrogen-bond acceptors (Lipinski definition) is 5. The molecule has 0 aromatic heterocycles. The predicted molar refractivity (Wildman–Crippen MR) is 41.4 cm³/mol. The lowest BCUT2D eigenvalue weighted by molar-refractivity contribution is -0.100. The molecule has 5 nitrogen and oxygen atoms in total. The zero-order valence-electron chi connectivity index (χ0n) is 6.86. The van der Waals surface area contributed by atoms with Crippen molar-refractivity contribution < 1.29 is 22.1 Å². The predicted octanol–water partition coefficient (Wildman–Crippen LogP) is -0.622. The van der Waals surface area contributed by atoms with Crippen LogP contribution >= 0.6 is 0 Å². The van der Waals surface area contributed by atoms with Gasteiger partial charge in [0.05, 0.1) is 32.7 Å². The van der Waals surface area contributed by atoms with E-state index in [0.717, 1.165) is 6.26 Å². The van der Waals surface area contributed by atoms with Gasteiger partial charge in [0.2, 0.25) is 0 Å². The van der Waals surface area contributed by atoms with Crippen molar-refractivity contribution in [3.63, 3.8) is 0 Å². The molecule has 1 aliphatic heterocycles. The Morgan fingerprint density at radius 3 is 2.75 bits per heavy atom. The third-order valence-corrected chi connectivity index (χ3v) is 1.92. The Kier molecular flexibility index (Phi) is 3.45. The van der Waals surface area contributed by atoms with Crippen molar-refractivity contribution in [2.45, 2.75) is 6.10 Å².